The molecular formula is C5H4ClN5. The molecule has 6 heteroatoms. The maximum Gasteiger partial charge on any atom is 0.223 e. The van der Waals surface area contributed by atoms with E-state index in [0.29, 0.717) is 16.9 Å². The van der Waals surface area contributed by atoms with Crippen molar-refractivity contribution in [1.82, 2.24) is 20.2 Å². The zero-order valence-corrected chi connectivity index (χ0v) is 6.13. The molecule has 0 aliphatic heterocycles. The van der Waals surface area contributed by atoms with Crippen molar-refractivity contribution in [2.45, 2.75) is 0 Å². The molecule has 0 bridgehead atoms. The molecule has 0 aliphatic carbocycles. The Balaban J connectivity index is 2.87. The molecule has 11 heavy (non-hydrogen) atoms. The van der Waals surface area contributed by atoms with Gasteiger partial charge in [0, 0.05) is 0 Å². The van der Waals surface area contributed by atoms with Crippen molar-refractivity contribution in [2.24, 2.45) is 0 Å². The highest BCUT2D eigenvalue weighted by atomic mass is 35.5. The van der Waals surface area contributed by atoms with E-state index in [2.05, 4.69) is 20.2 Å². The first-order valence-electron chi connectivity index (χ1n) is 2.89. The van der Waals surface area contributed by atoms with Gasteiger partial charge in [0.2, 0.25) is 5.28 Å². The molecule has 0 atom stereocenters. The Morgan fingerprint density at radius 2 is 2.36 bits per heavy atom. The lowest BCUT2D eigenvalue weighted by Crippen LogP contribution is -1.87. The molecule has 2 aromatic heterocycles. The molecule has 3 N–H and O–H groups in total. The van der Waals surface area contributed by atoms with Crippen LogP contribution in [0.1, 0.15) is 0 Å². The Morgan fingerprint density at radius 1 is 1.55 bits per heavy atom. The number of hydrogen-bond donors (Lipinski definition) is 2. The molecule has 0 fully saturated rings. The Labute approximate surface area is 66.6 Å². The van der Waals surface area contributed by atoms with Crippen LogP contribution in [0.4, 0.5) is 5.82 Å². The van der Waals surface area contributed by atoms with Crippen LogP contribution in [-0.4, -0.2) is 20.2 Å². The van der Waals surface area contributed by atoms with Gasteiger partial charge in [-0.1, -0.05) is 0 Å². The van der Waals surface area contributed by atoms with Gasteiger partial charge >= 0.3 is 0 Å². The van der Waals surface area contributed by atoms with Crippen molar-refractivity contribution in [3.8, 4) is 0 Å². The van der Waals surface area contributed by atoms with E-state index in [0.717, 1.165) is 0 Å². The third kappa shape index (κ3) is 0.894. The van der Waals surface area contributed by atoms with E-state index in [-0.39, 0.29) is 5.28 Å². The normalized spacial score (nSPS) is 10.6. The van der Waals surface area contributed by atoms with Crippen LogP contribution >= 0.6 is 11.6 Å². The maximum atomic E-state index is 5.53. The average molecular weight is 170 g/mol. The quantitative estimate of drug-likeness (QED) is 0.566. The summed E-state index contributed by atoms with van der Waals surface area (Å²) in [5, 5.41) is 6.56. The van der Waals surface area contributed by atoms with Gasteiger partial charge in [-0.3, -0.25) is 5.10 Å². The van der Waals surface area contributed by atoms with E-state index in [1.54, 1.807) is 0 Å². The summed E-state index contributed by atoms with van der Waals surface area (Å²) >= 11 is 5.53. The largest absolute Gasteiger partial charge is 0.380 e. The van der Waals surface area contributed by atoms with Gasteiger partial charge < -0.3 is 5.73 Å². The summed E-state index contributed by atoms with van der Waals surface area (Å²) in [6, 6.07) is 0. The first-order valence-corrected chi connectivity index (χ1v) is 3.27. The first-order chi connectivity index (χ1) is 5.27. The SMILES string of the molecule is Nc1n[nH]c2cnc(Cl)nc12. The van der Waals surface area contributed by atoms with Crippen molar-refractivity contribution < 1.29 is 0 Å². The highest BCUT2D eigenvalue weighted by Crippen LogP contribution is 2.14. The summed E-state index contributed by atoms with van der Waals surface area (Å²) in [6.45, 7) is 0. The highest BCUT2D eigenvalue weighted by molar-refractivity contribution is 6.28. The van der Waals surface area contributed by atoms with Crippen LogP contribution < -0.4 is 5.73 Å². The minimum atomic E-state index is 0.172. The first kappa shape index (κ1) is 6.36. The zero-order chi connectivity index (χ0) is 7.84. The third-order valence-electron chi connectivity index (χ3n) is 1.30. The van der Waals surface area contributed by atoms with Crippen LogP contribution in [0, 0.1) is 0 Å². The molecule has 56 valence electrons. The predicted molar refractivity (Wildman–Crippen MR) is 41.1 cm³/mol. The summed E-state index contributed by atoms with van der Waals surface area (Å²) in [5.41, 5.74) is 6.70. The van der Waals surface area contributed by atoms with E-state index < -0.39 is 0 Å². The highest BCUT2D eigenvalue weighted by Gasteiger charge is 2.03. The summed E-state index contributed by atoms with van der Waals surface area (Å²) in [6.07, 6.45) is 1.54. The van der Waals surface area contributed by atoms with Gasteiger partial charge in [0.1, 0.15) is 11.0 Å². The molecule has 2 rings (SSSR count). The fourth-order valence-electron chi connectivity index (χ4n) is 0.811. The van der Waals surface area contributed by atoms with Crippen molar-refractivity contribution >= 4 is 28.5 Å². The number of nitrogens with one attached hydrogen (secondary N) is 1. The Bertz CT molecular complexity index is 395. The molecule has 2 aromatic rings. The lowest BCUT2D eigenvalue weighted by atomic mass is 10.4. The zero-order valence-electron chi connectivity index (χ0n) is 5.37. The summed E-state index contributed by atoms with van der Waals surface area (Å²) in [4.78, 5) is 7.62. The number of aromatic nitrogens is 4. The topological polar surface area (TPSA) is 80.5 Å². The lowest BCUT2D eigenvalue weighted by molar-refractivity contribution is 1.12. The number of nitrogens with two attached hydrogens (primary N) is 1. The number of hydrogen-bond acceptors (Lipinski definition) is 4. The van der Waals surface area contributed by atoms with Crippen LogP contribution in [0.2, 0.25) is 5.28 Å². The van der Waals surface area contributed by atoms with Gasteiger partial charge in [-0.2, -0.15) is 5.10 Å². The number of fused-ring (bicyclic) bond motifs is 1. The Kier molecular flexibility index (Phi) is 1.19. The number of rotatable bonds is 0. The standard InChI is InChI=1S/C5H4ClN5/c6-5-8-1-2-3(9-5)4(7)11-10-2/h1H,(H3,7,10,11). The van der Waals surface area contributed by atoms with Crippen LogP contribution in [0.25, 0.3) is 11.0 Å². The van der Waals surface area contributed by atoms with Gasteiger partial charge in [-0.05, 0) is 11.6 Å². The molecule has 0 aliphatic rings. The average Bonchev–Trinajstić information content (AvgIpc) is 2.33. The van der Waals surface area contributed by atoms with E-state index in [1.807, 2.05) is 0 Å². The van der Waals surface area contributed by atoms with E-state index in [4.69, 9.17) is 17.3 Å². The van der Waals surface area contributed by atoms with E-state index >= 15 is 0 Å². The molecule has 0 amide bonds. The van der Waals surface area contributed by atoms with Crippen molar-refractivity contribution in [3.63, 3.8) is 0 Å². The van der Waals surface area contributed by atoms with Gasteiger partial charge in [0.25, 0.3) is 0 Å². The number of H-pyrrole nitrogens is 1. The fourth-order valence-corrected chi connectivity index (χ4v) is 0.944. The number of nitrogen functional groups attached to an aromatic ring is 1. The smallest absolute Gasteiger partial charge is 0.223 e. The number of nitrogens with zero attached hydrogens (tertiary/aromatic N) is 3. The molecular weight excluding hydrogens is 166 g/mol. The monoisotopic (exact) mass is 169 g/mol. The van der Waals surface area contributed by atoms with E-state index in [9.17, 15) is 0 Å². The van der Waals surface area contributed by atoms with Crippen LogP contribution in [0.3, 0.4) is 0 Å². The lowest BCUT2D eigenvalue weighted by Gasteiger charge is -1.87. The fraction of sp³-hybridized carbons (Fsp3) is 0. The Morgan fingerprint density at radius 3 is 3.18 bits per heavy atom. The number of halogens is 1. The number of anilines is 1. The summed E-state index contributed by atoms with van der Waals surface area (Å²) in [5.74, 6) is 0.337. The second kappa shape index (κ2) is 2.06. The second-order valence-corrected chi connectivity index (χ2v) is 2.35. The van der Waals surface area contributed by atoms with Crippen LogP contribution in [-0.2, 0) is 0 Å². The molecule has 2 heterocycles. The Hall–Kier alpha value is -1.36. The molecule has 0 aromatic carbocycles. The molecule has 5 nitrogen and oxygen atoms in total. The summed E-state index contributed by atoms with van der Waals surface area (Å²) in [7, 11) is 0. The molecule has 0 unspecified atom stereocenters. The van der Waals surface area contributed by atoms with Crippen LogP contribution in [0.15, 0.2) is 6.20 Å². The van der Waals surface area contributed by atoms with Crippen molar-refractivity contribution in [1.29, 1.82) is 0 Å². The van der Waals surface area contributed by atoms with Crippen molar-refractivity contribution in [3.05, 3.63) is 11.5 Å². The van der Waals surface area contributed by atoms with Gasteiger partial charge in [0.05, 0.1) is 6.20 Å². The minimum absolute atomic E-state index is 0.172. The minimum Gasteiger partial charge on any atom is -0.380 e. The summed E-state index contributed by atoms with van der Waals surface area (Å²) < 4.78 is 0. The maximum absolute atomic E-state index is 5.53. The van der Waals surface area contributed by atoms with Gasteiger partial charge in [-0.15, -0.1) is 0 Å². The predicted octanol–water partition coefficient (Wildman–Crippen LogP) is 0.588. The van der Waals surface area contributed by atoms with E-state index in [1.165, 1.54) is 6.20 Å². The van der Waals surface area contributed by atoms with Gasteiger partial charge in [-0.25, -0.2) is 9.97 Å². The molecule has 0 saturated heterocycles. The van der Waals surface area contributed by atoms with Crippen LogP contribution in [0.5, 0.6) is 0 Å². The molecule has 0 spiro atoms. The van der Waals surface area contributed by atoms with Crippen molar-refractivity contribution in [2.75, 3.05) is 5.73 Å². The third-order valence-corrected chi connectivity index (χ3v) is 1.48. The van der Waals surface area contributed by atoms with Gasteiger partial charge in [0.15, 0.2) is 5.82 Å². The molecule has 0 radical (unpaired) electrons. The number of aromatic amines is 1. The second-order valence-electron chi connectivity index (χ2n) is 2.01. The molecule has 0 saturated carbocycles.